The number of esters is 1. The second-order valence-corrected chi connectivity index (χ2v) is 9.00. The van der Waals surface area contributed by atoms with Crippen LogP contribution in [0.5, 0.6) is 5.75 Å². The van der Waals surface area contributed by atoms with E-state index in [-0.39, 0.29) is 11.7 Å². The fraction of sp³-hybridized carbons (Fsp3) is 0.320. The summed E-state index contributed by atoms with van der Waals surface area (Å²) in [6.45, 7) is 9.66. The van der Waals surface area contributed by atoms with Crippen molar-refractivity contribution in [3.05, 3.63) is 84.4 Å². The fourth-order valence-electron chi connectivity index (χ4n) is 3.75. The van der Waals surface area contributed by atoms with Gasteiger partial charge >= 0.3 is 5.97 Å². The van der Waals surface area contributed by atoms with E-state index in [0.717, 1.165) is 11.3 Å². The molecule has 172 valence electrons. The molecule has 2 aromatic heterocycles. The van der Waals surface area contributed by atoms with Gasteiger partial charge in [0.25, 0.3) is 5.56 Å². The standard InChI is InChI=1S/C25H26N2O5S/c1-6-30-18-11-8-17(9-12-18)22-21(24(29)31-14(2)3)16(5)26-25-27(22)23(28)20(33-25)13-19-10-7-15(4)32-19/h7-14,22H,6H2,1-5H3/b20-13+/t22-/m1/s1. The second kappa shape index (κ2) is 9.23. The molecule has 0 spiro atoms. The molecule has 1 aromatic carbocycles. The van der Waals surface area contributed by atoms with Crippen LogP contribution in [-0.2, 0) is 9.53 Å². The molecule has 0 N–H and O–H groups in total. The smallest absolute Gasteiger partial charge is 0.338 e. The number of allylic oxidation sites excluding steroid dienone is 1. The number of hydrogen-bond donors (Lipinski definition) is 0. The zero-order chi connectivity index (χ0) is 23.7. The number of furan rings is 1. The lowest BCUT2D eigenvalue weighted by molar-refractivity contribution is -0.143. The number of carbonyl (C=O) groups excluding carboxylic acids is 1. The lowest BCUT2D eigenvalue weighted by atomic mass is 9.96. The zero-order valence-electron chi connectivity index (χ0n) is 19.2. The van der Waals surface area contributed by atoms with Crippen LogP contribution in [0.1, 0.15) is 50.8 Å². The number of carbonyl (C=O) groups is 1. The molecule has 1 aliphatic rings. The fourth-order valence-corrected chi connectivity index (χ4v) is 4.78. The average molecular weight is 467 g/mol. The van der Waals surface area contributed by atoms with Gasteiger partial charge in [0.05, 0.1) is 34.6 Å². The highest BCUT2D eigenvalue weighted by Crippen LogP contribution is 2.32. The average Bonchev–Trinajstić information content (AvgIpc) is 3.30. The summed E-state index contributed by atoms with van der Waals surface area (Å²) in [5.41, 5.74) is 1.40. The Kier molecular flexibility index (Phi) is 6.37. The number of aromatic nitrogens is 1. The summed E-state index contributed by atoms with van der Waals surface area (Å²) >= 11 is 1.26. The third-order valence-corrected chi connectivity index (χ3v) is 6.11. The van der Waals surface area contributed by atoms with Crippen molar-refractivity contribution in [2.45, 2.75) is 46.8 Å². The highest BCUT2D eigenvalue weighted by atomic mass is 32.1. The van der Waals surface area contributed by atoms with Gasteiger partial charge in [-0.3, -0.25) is 9.36 Å². The van der Waals surface area contributed by atoms with Crippen LogP contribution < -0.4 is 19.6 Å². The van der Waals surface area contributed by atoms with Crippen molar-refractivity contribution in [2.24, 2.45) is 4.99 Å². The molecule has 3 aromatic rings. The number of thiazole rings is 1. The van der Waals surface area contributed by atoms with Crippen molar-refractivity contribution in [1.82, 2.24) is 4.57 Å². The SMILES string of the molecule is CCOc1ccc([C@@H]2C(C(=O)OC(C)C)=C(C)N=c3s/c(=C/c4ccc(C)o4)c(=O)n32)cc1. The van der Waals surface area contributed by atoms with Crippen LogP contribution in [0.4, 0.5) is 0 Å². The van der Waals surface area contributed by atoms with Crippen molar-refractivity contribution in [1.29, 1.82) is 0 Å². The molecule has 0 saturated carbocycles. The van der Waals surface area contributed by atoms with Crippen molar-refractivity contribution in [3.63, 3.8) is 0 Å². The number of fused-ring (bicyclic) bond motifs is 1. The summed E-state index contributed by atoms with van der Waals surface area (Å²) in [6.07, 6.45) is 1.41. The van der Waals surface area contributed by atoms with Gasteiger partial charge in [-0.05, 0) is 64.4 Å². The number of rotatable bonds is 6. The number of aryl methyl sites for hydroxylation is 1. The maximum absolute atomic E-state index is 13.5. The highest BCUT2D eigenvalue weighted by Gasteiger charge is 2.33. The Balaban J connectivity index is 1.91. The number of nitrogens with zero attached hydrogens (tertiary/aromatic N) is 2. The normalized spacial score (nSPS) is 16.1. The van der Waals surface area contributed by atoms with Crippen LogP contribution >= 0.6 is 11.3 Å². The molecule has 1 atom stereocenters. The van der Waals surface area contributed by atoms with Gasteiger partial charge in [0.15, 0.2) is 4.80 Å². The predicted octanol–water partition coefficient (Wildman–Crippen LogP) is 3.49. The van der Waals surface area contributed by atoms with Crippen LogP contribution in [0.25, 0.3) is 6.08 Å². The molecule has 7 nitrogen and oxygen atoms in total. The van der Waals surface area contributed by atoms with Crippen molar-refractivity contribution in [2.75, 3.05) is 6.61 Å². The quantitative estimate of drug-likeness (QED) is 0.520. The Labute approximate surface area is 195 Å². The van der Waals surface area contributed by atoms with Gasteiger partial charge in [0.2, 0.25) is 0 Å². The molecular formula is C25H26N2O5S. The van der Waals surface area contributed by atoms with Crippen LogP contribution in [0, 0.1) is 6.92 Å². The van der Waals surface area contributed by atoms with Gasteiger partial charge in [0, 0.05) is 6.08 Å². The molecule has 8 heteroatoms. The highest BCUT2D eigenvalue weighted by molar-refractivity contribution is 7.07. The van der Waals surface area contributed by atoms with E-state index in [4.69, 9.17) is 13.9 Å². The monoisotopic (exact) mass is 466 g/mol. The van der Waals surface area contributed by atoms with Gasteiger partial charge in [0.1, 0.15) is 17.3 Å². The minimum absolute atomic E-state index is 0.242. The molecule has 0 aliphatic carbocycles. The summed E-state index contributed by atoms with van der Waals surface area (Å²) in [4.78, 5) is 31.7. The van der Waals surface area contributed by atoms with E-state index < -0.39 is 12.0 Å². The first-order valence-corrected chi connectivity index (χ1v) is 11.6. The number of ether oxygens (including phenoxy) is 2. The Hall–Kier alpha value is -3.39. The topological polar surface area (TPSA) is 83.0 Å². The predicted molar refractivity (Wildman–Crippen MR) is 126 cm³/mol. The molecular weight excluding hydrogens is 440 g/mol. The maximum Gasteiger partial charge on any atom is 0.338 e. The molecule has 0 saturated heterocycles. The van der Waals surface area contributed by atoms with E-state index in [0.29, 0.717) is 38.7 Å². The molecule has 0 amide bonds. The van der Waals surface area contributed by atoms with Crippen LogP contribution in [0.3, 0.4) is 0 Å². The first kappa shape index (κ1) is 22.8. The van der Waals surface area contributed by atoms with E-state index in [1.165, 1.54) is 11.3 Å². The zero-order valence-corrected chi connectivity index (χ0v) is 20.1. The van der Waals surface area contributed by atoms with Gasteiger partial charge < -0.3 is 13.9 Å². The van der Waals surface area contributed by atoms with Crippen LogP contribution in [0.2, 0.25) is 0 Å². The largest absolute Gasteiger partial charge is 0.494 e. The van der Waals surface area contributed by atoms with Crippen molar-refractivity contribution in [3.8, 4) is 5.75 Å². The molecule has 1 aliphatic heterocycles. The van der Waals surface area contributed by atoms with Gasteiger partial charge in [-0.2, -0.15) is 0 Å². The van der Waals surface area contributed by atoms with E-state index in [2.05, 4.69) is 4.99 Å². The molecule has 0 bridgehead atoms. The molecule has 3 heterocycles. The molecule has 4 rings (SSSR count). The third kappa shape index (κ3) is 4.57. The summed E-state index contributed by atoms with van der Waals surface area (Å²) in [5.74, 6) is 1.58. The molecule has 0 unspecified atom stereocenters. The lowest BCUT2D eigenvalue weighted by Crippen LogP contribution is -2.40. The van der Waals surface area contributed by atoms with Crippen LogP contribution in [0.15, 0.2) is 61.9 Å². The van der Waals surface area contributed by atoms with E-state index in [1.807, 2.05) is 50.2 Å². The van der Waals surface area contributed by atoms with Gasteiger partial charge in [-0.15, -0.1) is 0 Å². The lowest BCUT2D eigenvalue weighted by Gasteiger charge is -2.25. The Morgan fingerprint density at radius 1 is 1.21 bits per heavy atom. The van der Waals surface area contributed by atoms with Crippen molar-refractivity contribution >= 4 is 23.4 Å². The molecule has 33 heavy (non-hydrogen) atoms. The van der Waals surface area contributed by atoms with E-state index in [1.54, 1.807) is 31.4 Å². The summed E-state index contributed by atoms with van der Waals surface area (Å²) in [7, 11) is 0. The summed E-state index contributed by atoms with van der Waals surface area (Å²) < 4.78 is 18.7. The first-order chi connectivity index (χ1) is 15.8. The van der Waals surface area contributed by atoms with Crippen molar-refractivity contribution < 1.29 is 18.7 Å². The first-order valence-electron chi connectivity index (χ1n) is 10.8. The molecule has 0 radical (unpaired) electrons. The summed E-state index contributed by atoms with van der Waals surface area (Å²) in [6, 6.07) is 10.4. The number of benzene rings is 1. The Morgan fingerprint density at radius 2 is 1.94 bits per heavy atom. The van der Waals surface area contributed by atoms with E-state index >= 15 is 0 Å². The molecule has 0 fully saturated rings. The summed E-state index contributed by atoms with van der Waals surface area (Å²) in [5, 5.41) is 0. The number of hydrogen-bond acceptors (Lipinski definition) is 7. The minimum Gasteiger partial charge on any atom is -0.494 e. The minimum atomic E-state index is -0.663. The Bertz CT molecular complexity index is 1390. The van der Waals surface area contributed by atoms with Crippen LogP contribution in [-0.4, -0.2) is 23.2 Å². The van der Waals surface area contributed by atoms with Gasteiger partial charge in [-0.1, -0.05) is 23.5 Å². The Morgan fingerprint density at radius 3 is 2.55 bits per heavy atom. The maximum atomic E-state index is 13.5. The third-order valence-electron chi connectivity index (χ3n) is 5.13. The second-order valence-electron chi connectivity index (χ2n) is 7.99. The van der Waals surface area contributed by atoms with E-state index in [9.17, 15) is 9.59 Å². The van der Waals surface area contributed by atoms with Gasteiger partial charge in [-0.25, -0.2) is 9.79 Å².